The Labute approximate surface area is 178 Å². The maximum absolute atomic E-state index is 13.5. The van der Waals surface area contributed by atoms with E-state index in [0.717, 1.165) is 22.4 Å². The van der Waals surface area contributed by atoms with Gasteiger partial charge in [0.2, 0.25) is 5.95 Å². The van der Waals surface area contributed by atoms with Gasteiger partial charge in [0.1, 0.15) is 5.82 Å². The lowest BCUT2D eigenvalue weighted by atomic mass is 9.97. The van der Waals surface area contributed by atoms with Crippen LogP contribution in [-0.4, -0.2) is 45.2 Å². The van der Waals surface area contributed by atoms with Crippen molar-refractivity contribution in [2.24, 2.45) is 5.92 Å². The minimum Gasteiger partial charge on any atom is -0.466 e. The van der Waals surface area contributed by atoms with Crippen molar-refractivity contribution in [3.8, 4) is 11.4 Å². The molecule has 0 unspecified atom stereocenters. The van der Waals surface area contributed by atoms with Gasteiger partial charge in [0.15, 0.2) is 11.5 Å². The molecule has 7 nitrogen and oxygen atoms in total. The summed E-state index contributed by atoms with van der Waals surface area (Å²) in [6.07, 6.45) is 1.39. The summed E-state index contributed by atoms with van der Waals surface area (Å²) < 4.78 is 20.6. The Morgan fingerprint density at radius 2 is 1.84 bits per heavy atom. The topological polar surface area (TPSA) is 72.6 Å². The first-order valence-electron chi connectivity index (χ1n) is 10.5. The van der Waals surface area contributed by atoms with Crippen LogP contribution in [0, 0.1) is 11.7 Å². The van der Waals surface area contributed by atoms with Crippen molar-refractivity contribution >= 4 is 28.5 Å². The highest BCUT2D eigenvalue weighted by Gasteiger charge is 2.29. The van der Waals surface area contributed by atoms with Crippen LogP contribution in [0.2, 0.25) is 0 Å². The highest BCUT2D eigenvalue weighted by atomic mass is 19.1. The molecule has 0 amide bonds. The first-order chi connectivity index (χ1) is 15.2. The van der Waals surface area contributed by atoms with Crippen molar-refractivity contribution in [2.45, 2.75) is 19.8 Å². The Kier molecular flexibility index (Phi) is 4.97. The molecule has 0 spiro atoms. The van der Waals surface area contributed by atoms with E-state index < -0.39 is 0 Å². The molecule has 4 aromatic rings. The molecule has 1 aliphatic heterocycles. The van der Waals surface area contributed by atoms with Crippen molar-refractivity contribution in [1.29, 1.82) is 0 Å². The number of rotatable bonds is 4. The van der Waals surface area contributed by atoms with Gasteiger partial charge < -0.3 is 9.64 Å². The number of carbonyl (C=O) groups is 1. The third kappa shape index (κ3) is 3.48. The third-order valence-corrected chi connectivity index (χ3v) is 5.73. The minimum atomic E-state index is -0.303. The monoisotopic (exact) mass is 419 g/mol. The van der Waals surface area contributed by atoms with E-state index in [9.17, 15) is 9.18 Å². The number of piperidine rings is 1. The molecule has 2 aromatic carbocycles. The number of esters is 1. The number of anilines is 1. The molecule has 0 bridgehead atoms. The molecule has 3 heterocycles. The molecule has 1 saturated heterocycles. The zero-order chi connectivity index (χ0) is 21.4. The van der Waals surface area contributed by atoms with Gasteiger partial charge >= 0.3 is 5.97 Å². The number of hydrogen-bond acceptors (Lipinski definition) is 6. The zero-order valence-corrected chi connectivity index (χ0v) is 17.2. The maximum atomic E-state index is 13.5. The molecule has 0 atom stereocenters. The van der Waals surface area contributed by atoms with Gasteiger partial charge in [-0.15, -0.1) is 10.2 Å². The molecule has 0 N–H and O–H groups in total. The zero-order valence-electron chi connectivity index (χ0n) is 17.2. The van der Waals surface area contributed by atoms with Gasteiger partial charge in [-0.1, -0.05) is 12.1 Å². The molecule has 1 aliphatic rings. The van der Waals surface area contributed by atoms with Crippen LogP contribution in [0.25, 0.3) is 27.9 Å². The highest BCUT2D eigenvalue weighted by molar-refractivity contribution is 5.93. The fraction of sp³-hybridized carbons (Fsp3) is 0.304. The molecular formula is C23H22FN5O2. The van der Waals surface area contributed by atoms with E-state index in [2.05, 4.69) is 15.1 Å². The highest BCUT2D eigenvalue weighted by Crippen LogP contribution is 2.30. The molecule has 5 rings (SSSR count). The number of aromatic nitrogens is 4. The van der Waals surface area contributed by atoms with E-state index in [-0.39, 0.29) is 17.7 Å². The standard InChI is InChI=1S/C23H22FN5O2/c1-2-31-22(30)16-11-13-28(14-12-16)23-25-19-6-4-3-5-18(19)21-27-26-20(29(21)23)15-7-9-17(24)10-8-15/h3-10,16H,2,11-14H2,1H3. The predicted molar refractivity (Wildman–Crippen MR) is 115 cm³/mol. The Bertz CT molecular complexity index is 1250. The Balaban J connectivity index is 1.60. The molecule has 2 aromatic heterocycles. The summed E-state index contributed by atoms with van der Waals surface area (Å²) in [6.45, 7) is 3.56. The normalized spacial score (nSPS) is 15.0. The van der Waals surface area contributed by atoms with Crippen LogP contribution in [0.5, 0.6) is 0 Å². The van der Waals surface area contributed by atoms with E-state index in [0.29, 0.717) is 44.0 Å². The predicted octanol–water partition coefficient (Wildman–Crippen LogP) is 3.86. The molecule has 31 heavy (non-hydrogen) atoms. The number of hydrogen-bond donors (Lipinski definition) is 0. The summed E-state index contributed by atoms with van der Waals surface area (Å²) in [5.74, 6) is 0.804. The van der Waals surface area contributed by atoms with Crippen LogP contribution in [0.15, 0.2) is 48.5 Å². The Morgan fingerprint density at radius 1 is 1.10 bits per heavy atom. The second kappa shape index (κ2) is 7.94. The van der Waals surface area contributed by atoms with Crippen LogP contribution in [0.3, 0.4) is 0 Å². The van der Waals surface area contributed by atoms with E-state index >= 15 is 0 Å². The number of nitrogens with zero attached hydrogens (tertiary/aromatic N) is 5. The summed E-state index contributed by atoms with van der Waals surface area (Å²) in [6, 6.07) is 14.0. The smallest absolute Gasteiger partial charge is 0.309 e. The van der Waals surface area contributed by atoms with Crippen LogP contribution in [0.1, 0.15) is 19.8 Å². The lowest BCUT2D eigenvalue weighted by molar-refractivity contribution is -0.148. The van der Waals surface area contributed by atoms with Crippen LogP contribution < -0.4 is 4.90 Å². The van der Waals surface area contributed by atoms with Crippen LogP contribution in [0.4, 0.5) is 10.3 Å². The fourth-order valence-electron chi connectivity index (χ4n) is 4.14. The molecular weight excluding hydrogens is 397 g/mol. The average molecular weight is 419 g/mol. The lowest BCUT2D eigenvalue weighted by Crippen LogP contribution is -2.38. The quantitative estimate of drug-likeness (QED) is 0.468. The molecule has 0 radical (unpaired) electrons. The SMILES string of the molecule is CCOC(=O)C1CCN(c2nc3ccccc3c3nnc(-c4ccc(F)cc4)n23)CC1. The second-order valence-corrected chi connectivity index (χ2v) is 7.63. The molecule has 8 heteroatoms. The maximum Gasteiger partial charge on any atom is 0.309 e. The van der Waals surface area contributed by atoms with Crippen LogP contribution >= 0.6 is 0 Å². The summed E-state index contributed by atoms with van der Waals surface area (Å²) >= 11 is 0. The van der Waals surface area contributed by atoms with Gasteiger partial charge in [0.25, 0.3) is 0 Å². The van der Waals surface area contributed by atoms with Gasteiger partial charge in [-0.2, -0.15) is 0 Å². The number of ether oxygens (including phenoxy) is 1. The van der Waals surface area contributed by atoms with E-state index in [1.807, 2.05) is 35.6 Å². The van der Waals surface area contributed by atoms with Gasteiger partial charge in [0.05, 0.1) is 18.0 Å². The summed E-state index contributed by atoms with van der Waals surface area (Å²) in [4.78, 5) is 19.2. The van der Waals surface area contributed by atoms with E-state index in [1.54, 1.807) is 12.1 Å². The number of para-hydroxylation sites is 1. The van der Waals surface area contributed by atoms with Crippen molar-refractivity contribution in [2.75, 3.05) is 24.6 Å². The van der Waals surface area contributed by atoms with E-state index in [1.165, 1.54) is 12.1 Å². The van der Waals surface area contributed by atoms with Crippen molar-refractivity contribution in [1.82, 2.24) is 19.6 Å². The van der Waals surface area contributed by atoms with Gasteiger partial charge in [-0.25, -0.2) is 13.8 Å². The fourth-order valence-corrected chi connectivity index (χ4v) is 4.14. The first-order valence-corrected chi connectivity index (χ1v) is 10.5. The van der Waals surface area contributed by atoms with Crippen molar-refractivity contribution in [3.63, 3.8) is 0 Å². The molecule has 1 fully saturated rings. The Morgan fingerprint density at radius 3 is 2.58 bits per heavy atom. The van der Waals surface area contributed by atoms with Crippen molar-refractivity contribution in [3.05, 3.63) is 54.3 Å². The number of benzene rings is 2. The number of halogens is 1. The Hall–Kier alpha value is -3.55. The largest absolute Gasteiger partial charge is 0.466 e. The van der Waals surface area contributed by atoms with Gasteiger partial charge in [0, 0.05) is 24.0 Å². The molecule has 158 valence electrons. The van der Waals surface area contributed by atoms with Crippen molar-refractivity contribution < 1.29 is 13.9 Å². The first kappa shape index (κ1) is 19.4. The van der Waals surface area contributed by atoms with E-state index in [4.69, 9.17) is 9.72 Å². The average Bonchev–Trinajstić information content (AvgIpc) is 3.25. The summed E-state index contributed by atoms with van der Waals surface area (Å²) in [5.41, 5.74) is 2.29. The third-order valence-electron chi connectivity index (χ3n) is 5.73. The minimum absolute atomic E-state index is 0.0929. The van der Waals surface area contributed by atoms with Crippen LogP contribution in [-0.2, 0) is 9.53 Å². The van der Waals surface area contributed by atoms with Gasteiger partial charge in [-0.05, 0) is 56.2 Å². The number of fused-ring (bicyclic) bond motifs is 3. The van der Waals surface area contributed by atoms with Gasteiger partial charge in [-0.3, -0.25) is 4.79 Å². The number of carbonyl (C=O) groups excluding carboxylic acids is 1. The molecule has 0 aliphatic carbocycles. The molecule has 0 saturated carbocycles. The lowest BCUT2D eigenvalue weighted by Gasteiger charge is -2.32. The summed E-state index contributed by atoms with van der Waals surface area (Å²) in [7, 11) is 0. The second-order valence-electron chi connectivity index (χ2n) is 7.63. The summed E-state index contributed by atoms with van der Waals surface area (Å²) in [5, 5.41) is 9.76.